The molecule has 1 nitrogen and oxygen atoms in total. The minimum atomic E-state index is -0.221. The Labute approximate surface area is 111 Å². The van der Waals surface area contributed by atoms with Gasteiger partial charge in [0.05, 0.1) is 6.04 Å². The fourth-order valence-electron chi connectivity index (χ4n) is 1.88. The molecule has 17 heavy (non-hydrogen) atoms. The smallest absolute Gasteiger partial charge is 0.0569 e. The quantitative estimate of drug-likeness (QED) is 0.859. The first-order chi connectivity index (χ1) is 8.09. The maximum atomic E-state index is 6.24. The van der Waals surface area contributed by atoms with E-state index in [1.165, 1.54) is 0 Å². The minimum absolute atomic E-state index is 0.221. The zero-order valence-corrected chi connectivity index (χ0v) is 11.0. The Morgan fingerprint density at radius 2 is 1.65 bits per heavy atom. The molecule has 0 saturated carbocycles. The molecule has 3 heteroatoms. The lowest BCUT2D eigenvalue weighted by atomic mass is 9.96. The molecule has 88 valence electrons. The van der Waals surface area contributed by atoms with Crippen LogP contribution in [0, 0.1) is 6.92 Å². The summed E-state index contributed by atoms with van der Waals surface area (Å²) in [5.74, 6) is 0. The molecule has 0 aliphatic heterocycles. The van der Waals surface area contributed by atoms with Crippen molar-refractivity contribution in [3.05, 3.63) is 69.2 Å². The van der Waals surface area contributed by atoms with Crippen molar-refractivity contribution in [1.29, 1.82) is 0 Å². The molecule has 2 aromatic carbocycles. The van der Waals surface area contributed by atoms with Gasteiger partial charge in [-0.25, -0.2) is 0 Å². The molecule has 2 N–H and O–H groups in total. The molecule has 2 aromatic rings. The zero-order valence-electron chi connectivity index (χ0n) is 9.45. The Kier molecular flexibility index (Phi) is 3.72. The van der Waals surface area contributed by atoms with E-state index in [2.05, 4.69) is 0 Å². The summed E-state index contributed by atoms with van der Waals surface area (Å²) in [6.45, 7) is 2.01. The van der Waals surface area contributed by atoms with Gasteiger partial charge in [-0.05, 0) is 41.8 Å². The fourth-order valence-corrected chi connectivity index (χ4v) is 2.34. The molecule has 0 aliphatic carbocycles. The first-order valence-corrected chi connectivity index (χ1v) is 6.11. The van der Waals surface area contributed by atoms with Gasteiger partial charge < -0.3 is 5.73 Å². The van der Waals surface area contributed by atoms with Crippen LogP contribution in [-0.4, -0.2) is 0 Å². The van der Waals surface area contributed by atoms with Crippen LogP contribution < -0.4 is 5.73 Å². The van der Waals surface area contributed by atoms with E-state index in [1.807, 2.05) is 49.4 Å². The van der Waals surface area contributed by atoms with Crippen LogP contribution in [0.4, 0.5) is 0 Å². The van der Waals surface area contributed by atoms with Crippen molar-refractivity contribution in [3.63, 3.8) is 0 Å². The molecule has 0 bridgehead atoms. The summed E-state index contributed by atoms with van der Waals surface area (Å²) >= 11 is 12.1. The standard InChI is InChI=1S/C14H13Cl2N/c1-9-3-2-4-12(16)13(9)14(17)10-5-7-11(15)8-6-10/h2-8,14H,17H2,1H3. The van der Waals surface area contributed by atoms with Gasteiger partial charge in [0, 0.05) is 10.0 Å². The fraction of sp³-hybridized carbons (Fsp3) is 0.143. The van der Waals surface area contributed by atoms with Gasteiger partial charge in [0.2, 0.25) is 0 Å². The molecular weight excluding hydrogens is 253 g/mol. The van der Waals surface area contributed by atoms with Gasteiger partial charge in [-0.15, -0.1) is 0 Å². The third kappa shape index (κ3) is 2.63. The first-order valence-electron chi connectivity index (χ1n) is 5.35. The molecule has 1 atom stereocenters. The highest BCUT2D eigenvalue weighted by atomic mass is 35.5. The minimum Gasteiger partial charge on any atom is -0.320 e. The van der Waals surface area contributed by atoms with Gasteiger partial charge in [0.15, 0.2) is 0 Å². The van der Waals surface area contributed by atoms with Crippen LogP contribution in [0.15, 0.2) is 42.5 Å². The van der Waals surface area contributed by atoms with E-state index >= 15 is 0 Å². The van der Waals surface area contributed by atoms with E-state index in [-0.39, 0.29) is 6.04 Å². The van der Waals surface area contributed by atoms with Crippen LogP contribution >= 0.6 is 23.2 Å². The summed E-state index contributed by atoms with van der Waals surface area (Å²) in [5.41, 5.74) is 9.31. The molecule has 0 heterocycles. The van der Waals surface area contributed by atoms with E-state index in [4.69, 9.17) is 28.9 Å². The lowest BCUT2D eigenvalue weighted by molar-refractivity contribution is 0.862. The summed E-state index contributed by atoms with van der Waals surface area (Å²) in [7, 11) is 0. The van der Waals surface area contributed by atoms with Crippen LogP contribution in [0.1, 0.15) is 22.7 Å². The molecule has 0 aromatic heterocycles. The molecular formula is C14H13Cl2N. The van der Waals surface area contributed by atoms with Gasteiger partial charge in [-0.3, -0.25) is 0 Å². The number of benzene rings is 2. The highest BCUT2D eigenvalue weighted by Gasteiger charge is 2.14. The van der Waals surface area contributed by atoms with Gasteiger partial charge in [0.1, 0.15) is 0 Å². The molecule has 0 spiro atoms. The van der Waals surface area contributed by atoms with E-state index in [9.17, 15) is 0 Å². The third-order valence-corrected chi connectivity index (χ3v) is 3.39. The van der Waals surface area contributed by atoms with Crippen molar-refractivity contribution in [2.75, 3.05) is 0 Å². The summed E-state index contributed by atoms with van der Waals surface area (Å²) in [4.78, 5) is 0. The normalized spacial score (nSPS) is 12.5. The number of nitrogens with two attached hydrogens (primary N) is 1. The van der Waals surface area contributed by atoms with Crippen LogP contribution in [0.3, 0.4) is 0 Å². The SMILES string of the molecule is Cc1cccc(Cl)c1C(N)c1ccc(Cl)cc1. The average molecular weight is 266 g/mol. The molecule has 0 radical (unpaired) electrons. The van der Waals surface area contributed by atoms with E-state index in [0.29, 0.717) is 10.0 Å². The Morgan fingerprint density at radius 1 is 1.00 bits per heavy atom. The van der Waals surface area contributed by atoms with Gasteiger partial charge in [-0.2, -0.15) is 0 Å². The maximum Gasteiger partial charge on any atom is 0.0569 e. The highest BCUT2D eigenvalue weighted by Crippen LogP contribution is 2.29. The number of rotatable bonds is 2. The number of aryl methyl sites for hydroxylation is 1. The third-order valence-electron chi connectivity index (χ3n) is 2.81. The van der Waals surface area contributed by atoms with Crippen molar-refractivity contribution >= 4 is 23.2 Å². The van der Waals surface area contributed by atoms with Crippen molar-refractivity contribution in [2.45, 2.75) is 13.0 Å². The van der Waals surface area contributed by atoms with Gasteiger partial charge >= 0.3 is 0 Å². The van der Waals surface area contributed by atoms with E-state index < -0.39 is 0 Å². The zero-order chi connectivity index (χ0) is 12.4. The predicted molar refractivity (Wildman–Crippen MR) is 73.7 cm³/mol. The van der Waals surface area contributed by atoms with Crippen LogP contribution in [0.2, 0.25) is 10.0 Å². The number of hydrogen-bond acceptors (Lipinski definition) is 1. The lowest BCUT2D eigenvalue weighted by Gasteiger charge is -2.16. The highest BCUT2D eigenvalue weighted by molar-refractivity contribution is 6.31. The summed E-state index contributed by atoms with van der Waals surface area (Å²) in [6.07, 6.45) is 0. The van der Waals surface area contributed by atoms with Crippen molar-refractivity contribution in [2.24, 2.45) is 5.73 Å². The molecule has 0 fully saturated rings. The Balaban J connectivity index is 2.43. The number of hydrogen-bond donors (Lipinski definition) is 1. The second-order valence-corrected chi connectivity index (χ2v) is 4.84. The van der Waals surface area contributed by atoms with Crippen molar-refractivity contribution in [3.8, 4) is 0 Å². The molecule has 1 unspecified atom stereocenters. The number of halogens is 2. The van der Waals surface area contributed by atoms with Crippen LogP contribution in [-0.2, 0) is 0 Å². The molecule has 0 saturated heterocycles. The van der Waals surface area contributed by atoms with Crippen LogP contribution in [0.5, 0.6) is 0 Å². The summed E-state index contributed by atoms with van der Waals surface area (Å²) in [5, 5.41) is 1.41. The van der Waals surface area contributed by atoms with E-state index in [0.717, 1.165) is 16.7 Å². The average Bonchev–Trinajstić information content (AvgIpc) is 2.29. The van der Waals surface area contributed by atoms with Crippen molar-refractivity contribution < 1.29 is 0 Å². The van der Waals surface area contributed by atoms with Crippen LogP contribution in [0.25, 0.3) is 0 Å². The topological polar surface area (TPSA) is 26.0 Å². The molecule has 0 amide bonds. The first kappa shape index (κ1) is 12.4. The second-order valence-electron chi connectivity index (χ2n) is 4.00. The Bertz CT molecular complexity index is 500. The Hall–Kier alpha value is -1.02. The molecule has 2 rings (SSSR count). The summed E-state index contributed by atoms with van der Waals surface area (Å²) < 4.78 is 0. The van der Waals surface area contributed by atoms with Gasteiger partial charge in [0.25, 0.3) is 0 Å². The maximum absolute atomic E-state index is 6.24. The van der Waals surface area contributed by atoms with E-state index in [1.54, 1.807) is 0 Å². The largest absolute Gasteiger partial charge is 0.320 e. The summed E-state index contributed by atoms with van der Waals surface area (Å²) in [6, 6.07) is 13.1. The van der Waals surface area contributed by atoms with Crippen molar-refractivity contribution in [1.82, 2.24) is 0 Å². The monoisotopic (exact) mass is 265 g/mol. The molecule has 0 aliphatic rings. The Morgan fingerprint density at radius 3 is 2.24 bits per heavy atom. The second kappa shape index (κ2) is 5.09. The lowest BCUT2D eigenvalue weighted by Crippen LogP contribution is -2.13. The predicted octanol–water partition coefficient (Wildman–Crippen LogP) is 4.35. The van der Waals surface area contributed by atoms with Gasteiger partial charge in [-0.1, -0.05) is 47.5 Å².